The highest BCUT2D eigenvalue weighted by atomic mass is 32.2. The van der Waals surface area contributed by atoms with E-state index in [1.165, 1.54) is 22.0 Å². The Morgan fingerprint density at radius 3 is 2.78 bits per heavy atom. The summed E-state index contributed by atoms with van der Waals surface area (Å²) in [5.74, 6) is 0.805. The van der Waals surface area contributed by atoms with Gasteiger partial charge in [0.25, 0.3) is 5.91 Å². The van der Waals surface area contributed by atoms with Crippen molar-refractivity contribution in [2.24, 2.45) is 7.05 Å². The molecule has 27 heavy (non-hydrogen) atoms. The van der Waals surface area contributed by atoms with Gasteiger partial charge in [-0.2, -0.15) is 0 Å². The number of aromatic nitrogens is 4. The number of amides is 1. The first-order chi connectivity index (χ1) is 13.1. The zero-order valence-electron chi connectivity index (χ0n) is 14.9. The number of aryl methyl sites for hydroxylation is 2. The Kier molecular flexibility index (Phi) is 4.68. The van der Waals surface area contributed by atoms with Gasteiger partial charge < -0.3 is 4.42 Å². The van der Waals surface area contributed by atoms with E-state index in [1.54, 1.807) is 18.3 Å². The van der Waals surface area contributed by atoms with Crippen LogP contribution in [0.5, 0.6) is 0 Å². The number of furan rings is 1. The van der Waals surface area contributed by atoms with Crippen LogP contribution >= 0.6 is 11.8 Å². The summed E-state index contributed by atoms with van der Waals surface area (Å²) in [6, 6.07) is 11.5. The van der Waals surface area contributed by atoms with E-state index in [0.29, 0.717) is 10.9 Å². The maximum Gasteiger partial charge on any atom is 0.252 e. The molecule has 0 saturated carbocycles. The van der Waals surface area contributed by atoms with Gasteiger partial charge in [-0.3, -0.25) is 10.2 Å². The smallest absolute Gasteiger partial charge is 0.252 e. The van der Waals surface area contributed by atoms with E-state index in [4.69, 9.17) is 4.42 Å². The quantitative estimate of drug-likeness (QED) is 0.678. The molecule has 138 valence electrons. The summed E-state index contributed by atoms with van der Waals surface area (Å²) < 4.78 is 7.09. The molecule has 0 aliphatic carbocycles. The first-order valence-electron chi connectivity index (χ1n) is 8.38. The largest absolute Gasteiger partial charge is 0.467 e. The molecule has 1 aliphatic heterocycles. The van der Waals surface area contributed by atoms with Gasteiger partial charge in [-0.25, -0.2) is 9.69 Å². The van der Waals surface area contributed by atoms with Gasteiger partial charge in [-0.1, -0.05) is 41.6 Å². The second-order valence-electron chi connectivity index (χ2n) is 6.16. The van der Waals surface area contributed by atoms with E-state index < -0.39 is 0 Å². The van der Waals surface area contributed by atoms with Crippen molar-refractivity contribution in [1.82, 2.24) is 30.6 Å². The second kappa shape index (κ2) is 7.28. The SMILES string of the molecule is Cc1ccc(C2=C[C@@H](c3ccco3)N(C(=O)CSc3nnnn3C)N2)cc1. The third-order valence-corrected chi connectivity index (χ3v) is 5.21. The number of benzene rings is 1. The summed E-state index contributed by atoms with van der Waals surface area (Å²) in [6.45, 7) is 2.04. The number of rotatable bonds is 5. The van der Waals surface area contributed by atoms with Crippen LogP contribution < -0.4 is 5.43 Å². The zero-order chi connectivity index (χ0) is 18.8. The zero-order valence-corrected chi connectivity index (χ0v) is 15.7. The molecule has 1 N–H and O–H groups in total. The average Bonchev–Trinajstić information content (AvgIpc) is 3.41. The van der Waals surface area contributed by atoms with Crippen molar-refractivity contribution < 1.29 is 9.21 Å². The molecular weight excluding hydrogens is 364 g/mol. The molecule has 3 aromatic rings. The van der Waals surface area contributed by atoms with Crippen molar-refractivity contribution in [3.05, 3.63) is 65.6 Å². The van der Waals surface area contributed by atoms with Gasteiger partial charge in [0.15, 0.2) is 0 Å². The normalized spacial score (nSPS) is 16.3. The molecule has 0 unspecified atom stereocenters. The fraction of sp³-hybridized carbons (Fsp3) is 0.222. The number of nitrogens with zero attached hydrogens (tertiary/aromatic N) is 5. The molecule has 4 rings (SSSR count). The number of tetrazole rings is 1. The molecule has 9 heteroatoms. The predicted molar refractivity (Wildman–Crippen MR) is 100 cm³/mol. The number of hydrazine groups is 1. The molecule has 8 nitrogen and oxygen atoms in total. The monoisotopic (exact) mass is 382 g/mol. The van der Waals surface area contributed by atoms with E-state index in [2.05, 4.69) is 21.0 Å². The molecule has 0 fully saturated rings. The van der Waals surface area contributed by atoms with Gasteiger partial charge in [0.1, 0.15) is 11.8 Å². The maximum atomic E-state index is 12.9. The lowest BCUT2D eigenvalue weighted by molar-refractivity contribution is -0.131. The fourth-order valence-electron chi connectivity index (χ4n) is 2.79. The molecule has 1 amide bonds. The summed E-state index contributed by atoms with van der Waals surface area (Å²) >= 11 is 1.29. The summed E-state index contributed by atoms with van der Waals surface area (Å²) in [5.41, 5.74) is 6.29. The van der Waals surface area contributed by atoms with E-state index in [9.17, 15) is 4.79 Å². The standard InChI is InChI=1S/C18H18N6O2S/c1-12-5-7-13(8-6-12)14-10-15(16-4-3-9-26-16)24(20-14)17(25)11-27-18-19-21-22-23(18)2/h3-10,15,20H,11H2,1-2H3/t15-/m0/s1. The number of hydrogen-bond acceptors (Lipinski definition) is 7. The lowest BCUT2D eigenvalue weighted by atomic mass is 10.1. The highest BCUT2D eigenvalue weighted by Crippen LogP contribution is 2.32. The first kappa shape index (κ1) is 17.3. The van der Waals surface area contributed by atoms with Gasteiger partial charge in [-0.15, -0.1) is 5.10 Å². The summed E-state index contributed by atoms with van der Waals surface area (Å²) in [6.07, 6.45) is 3.60. The lowest BCUT2D eigenvalue weighted by Gasteiger charge is -2.23. The van der Waals surface area contributed by atoms with Gasteiger partial charge in [0.2, 0.25) is 5.16 Å². The third kappa shape index (κ3) is 3.59. The Balaban J connectivity index is 1.55. The number of carbonyl (C=O) groups excluding carboxylic acids is 1. The second-order valence-corrected chi connectivity index (χ2v) is 7.10. The third-order valence-electron chi connectivity index (χ3n) is 4.22. The average molecular weight is 382 g/mol. The number of thioether (sulfide) groups is 1. The van der Waals surface area contributed by atoms with Crippen molar-refractivity contribution in [2.45, 2.75) is 18.1 Å². The minimum atomic E-state index is -0.318. The van der Waals surface area contributed by atoms with Crippen molar-refractivity contribution >= 4 is 23.4 Å². The van der Waals surface area contributed by atoms with Gasteiger partial charge >= 0.3 is 0 Å². The van der Waals surface area contributed by atoms with Crippen LogP contribution in [-0.4, -0.2) is 36.9 Å². The number of nitrogens with one attached hydrogen (secondary N) is 1. The molecule has 0 saturated heterocycles. The van der Waals surface area contributed by atoms with E-state index in [0.717, 1.165) is 11.3 Å². The minimum absolute atomic E-state index is 0.0947. The van der Waals surface area contributed by atoms with Crippen LogP contribution in [-0.2, 0) is 11.8 Å². The Labute approximate surface area is 160 Å². The van der Waals surface area contributed by atoms with Crippen molar-refractivity contribution in [2.75, 3.05) is 5.75 Å². The van der Waals surface area contributed by atoms with Crippen LogP contribution in [0.1, 0.15) is 22.9 Å². The molecular formula is C18H18N6O2S. The van der Waals surface area contributed by atoms with Gasteiger partial charge in [0, 0.05) is 7.05 Å². The fourth-order valence-corrected chi connectivity index (χ4v) is 3.50. The minimum Gasteiger partial charge on any atom is -0.467 e. The van der Waals surface area contributed by atoms with E-state index in [1.807, 2.05) is 49.4 Å². The molecule has 0 radical (unpaired) electrons. The maximum absolute atomic E-state index is 12.9. The van der Waals surface area contributed by atoms with Crippen molar-refractivity contribution in [1.29, 1.82) is 0 Å². The number of hydrogen-bond donors (Lipinski definition) is 1. The van der Waals surface area contributed by atoms with E-state index >= 15 is 0 Å². The molecule has 0 spiro atoms. The Hall–Kier alpha value is -3.07. The Bertz CT molecular complexity index is 964. The van der Waals surface area contributed by atoms with Crippen LogP contribution in [0, 0.1) is 6.92 Å². The van der Waals surface area contributed by atoms with Crippen molar-refractivity contribution in [3.8, 4) is 0 Å². The molecule has 3 heterocycles. The van der Waals surface area contributed by atoms with Crippen LogP contribution in [0.25, 0.3) is 5.70 Å². The summed E-state index contributed by atoms with van der Waals surface area (Å²) in [7, 11) is 1.74. The number of carbonyl (C=O) groups is 1. The highest BCUT2D eigenvalue weighted by molar-refractivity contribution is 7.99. The van der Waals surface area contributed by atoms with Crippen LogP contribution in [0.15, 0.2) is 58.3 Å². The lowest BCUT2D eigenvalue weighted by Crippen LogP contribution is -2.40. The molecule has 2 aromatic heterocycles. The summed E-state index contributed by atoms with van der Waals surface area (Å²) in [5, 5.41) is 13.4. The van der Waals surface area contributed by atoms with Crippen LogP contribution in [0.4, 0.5) is 0 Å². The first-order valence-corrected chi connectivity index (χ1v) is 9.36. The molecule has 0 bridgehead atoms. The van der Waals surface area contributed by atoms with Gasteiger partial charge in [0.05, 0.1) is 17.7 Å². The van der Waals surface area contributed by atoms with Crippen LogP contribution in [0.3, 0.4) is 0 Å². The predicted octanol–water partition coefficient (Wildman–Crippen LogP) is 2.33. The molecule has 1 atom stereocenters. The Morgan fingerprint density at radius 2 is 2.11 bits per heavy atom. The summed E-state index contributed by atoms with van der Waals surface area (Å²) in [4.78, 5) is 12.9. The van der Waals surface area contributed by atoms with E-state index in [-0.39, 0.29) is 17.7 Å². The van der Waals surface area contributed by atoms with Gasteiger partial charge in [-0.05, 0) is 41.1 Å². The Morgan fingerprint density at radius 1 is 1.30 bits per heavy atom. The molecule has 1 aromatic carbocycles. The topological polar surface area (TPSA) is 89.1 Å². The highest BCUT2D eigenvalue weighted by Gasteiger charge is 2.32. The van der Waals surface area contributed by atoms with Crippen LogP contribution in [0.2, 0.25) is 0 Å². The van der Waals surface area contributed by atoms with Crippen molar-refractivity contribution in [3.63, 3.8) is 0 Å². The molecule has 1 aliphatic rings.